The van der Waals surface area contributed by atoms with Crippen LogP contribution in [0, 0.1) is 3.57 Å². The lowest BCUT2D eigenvalue weighted by molar-refractivity contribution is 0.467. The van der Waals surface area contributed by atoms with E-state index in [4.69, 9.17) is 4.42 Å². The van der Waals surface area contributed by atoms with Crippen molar-refractivity contribution >= 4 is 33.8 Å². The van der Waals surface area contributed by atoms with E-state index in [1.165, 1.54) is 0 Å². The molecule has 0 radical (unpaired) electrons. The van der Waals surface area contributed by atoms with Crippen molar-refractivity contribution in [3.05, 3.63) is 21.7 Å². The fraction of sp³-hybridized carbons (Fsp3) is 0.455. The minimum absolute atomic E-state index is 0.375. The summed E-state index contributed by atoms with van der Waals surface area (Å²) in [6.45, 7) is 4.31. The summed E-state index contributed by atoms with van der Waals surface area (Å²) in [4.78, 5) is 8.61. The lowest BCUT2D eigenvalue weighted by Crippen LogP contribution is -1.92. The number of aromatic nitrogens is 2. The third-order valence-electron chi connectivity index (χ3n) is 2.40. The molecule has 80 valence electrons. The maximum atomic E-state index is 5.73. The Bertz CT molecular complexity index is 467. The van der Waals surface area contributed by atoms with Crippen molar-refractivity contribution in [3.8, 4) is 0 Å². The quantitative estimate of drug-likeness (QED) is 0.810. The number of halogens is 1. The van der Waals surface area contributed by atoms with Crippen molar-refractivity contribution in [1.29, 1.82) is 0 Å². The predicted octanol–water partition coefficient (Wildman–Crippen LogP) is 3.73. The number of pyridine rings is 1. The van der Waals surface area contributed by atoms with Crippen molar-refractivity contribution < 1.29 is 4.42 Å². The van der Waals surface area contributed by atoms with E-state index in [9.17, 15) is 0 Å². The lowest BCUT2D eigenvalue weighted by atomic mass is 10.1. The van der Waals surface area contributed by atoms with Crippen LogP contribution in [0.3, 0.4) is 0 Å². The Morgan fingerprint density at radius 3 is 3.00 bits per heavy atom. The Kier molecular flexibility index (Phi) is 3.23. The third kappa shape index (κ3) is 2.14. The zero-order valence-corrected chi connectivity index (χ0v) is 11.0. The summed E-state index contributed by atoms with van der Waals surface area (Å²) in [5.74, 6) is 1.18. The molecule has 3 nitrogen and oxygen atoms in total. The maximum Gasteiger partial charge on any atom is 0.199 e. The van der Waals surface area contributed by atoms with Crippen molar-refractivity contribution in [2.45, 2.75) is 32.6 Å². The van der Waals surface area contributed by atoms with Gasteiger partial charge in [-0.15, -0.1) is 0 Å². The van der Waals surface area contributed by atoms with Crippen molar-refractivity contribution in [3.63, 3.8) is 0 Å². The first kappa shape index (κ1) is 10.9. The topological polar surface area (TPSA) is 38.9 Å². The first-order valence-corrected chi connectivity index (χ1v) is 6.21. The molecule has 2 rings (SSSR count). The SMILES string of the molecule is CCCC(C)c1nc2nccc(I)c2o1. The van der Waals surface area contributed by atoms with E-state index in [0.717, 1.165) is 33.5 Å². The molecule has 2 aromatic heterocycles. The van der Waals surface area contributed by atoms with Crippen LogP contribution in [0.1, 0.15) is 38.5 Å². The second-order valence-corrected chi connectivity index (χ2v) is 4.85. The molecule has 0 spiro atoms. The van der Waals surface area contributed by atoms with Crippen LogP contribution in [-0.4, -0.2) is 9.97 Å². The smallest absolute Gasteiger partial charge is 0.199 e. The largest absolute Gasteiger partial charge is 0.438 e. The first-order chi connectivity index (χ1) is 7.22. The molecule has 0 aliphatic heterocycles. The summed E-state index contributed by atoms with van der Waals surface area (Å²) in [5.41, 5.74) is 1.54. The van der Waals surface area contributed by atoms with Crippen LogP contribution >= 0.6 is 22.6 Å². The number of fused-ring (bicyclic) bond motifs is 1. The molecule has 2 heterocycles. The van der Waals surface area contributed by atoms with Crippen LogP contribution in [0.2, 0.25) is 0 Å². The zero-order valence-electron chi connectivity index (χ0n) is 8.83. The summed E-state index contributed by atoms with van der Waals surface area (Å²) in [6, 6.07) is 1.93. The van der Waals surface area contributed by atoms with E-state index in [-0.39, 0.29) is 0 Å². The highest BCUT2D eigenvalue weighted by molar-refractivity contribution is 14.1. The summed E-state index contributed by atoms with van der Waals surface area (Å²) in [6.07, 6.45) is 4.01. The van der Waals surface area contributed by atoms with Gasteiger partial charge in [0.2, 0.25) is 0 Å². The van der Waals surface area contributed by atoms with E-state index >= 15 is 0 Å². The van der Waals surface area contributed by atoms with Gasteiger partial charge in [-0.25, -0.2) is 4.98 Å². The molecule has 0 saturated carbocycles. The summed E-state index contributed by atoms with van der Waals surface area (Å²) in [5, 5.41) is 0. The van der Waals surface area contributed by atoms with Crippen LogP contribution in [0.25, 0.3) is 11.2 Å². The third-order valence-corrected chi connectivity index (χ3v) is 3.25. The molecule has 0 saturated heterocycles. The number of rotatable bonds is 3. The second-order valence-electron chi connectivity index (χ2n) is 3.69. The van der Waals surface area contributed by atoms with Gasteiger partial charge in [0.15, 0.2) is 17.1 Å². The fourth-order valence-corrected chi connectivity index (χ4v) is 2.10. The van der Waals surface area contributed by atoms with Gasteiger partial charge in [-0.1, -0.05) is 20.3 Å². The molecule has 2 aromatic rings. The van der Waals surface area contributed by atoms with Crippen LogP contribution < -0.4 is 0 Å². The van der Waals surface area contributed by atoms with Gasteiger partial charge >= 0.3 is 0 Å². The molecular formula is C11H13IN2O. The van der Waals surface area contributed by atoms with Crippen LogP contribution in [0.15, 0.2) is 16.7 Å². The number of hydrogen-bond acceptors (Lipinski definition) is 3. The van der Waals surface area contributed by atoms with Gasteiger partial charge in [0.05, 0.1) is 3.57 Å². The standard InChI is InChI=1S/C11H13IN2O/c1-3-4-7(2)11-14-10-9(15-11)8(12)5-6-13-10/h5-7H,3-4H2,1-2H3. The molecule has 1 atom stereocenters. The molecule has 4 heteroatoms. The molecular weight excluding hydrogens is 303 g/mol. The molecule has 1 unspecified atom stereocenters. The van der Waals surface area contributed by atoms with Crippen LogP contribution in [0.5, 0.6) is 0 Å². The van der Waals surface area contributed by atoms with E-state index < -0.39 is 0 Å². The molecule has 0 aromatic carbocycles. The molecule has 0 aliphatic carbocycles. The Balaban J connectivity index is 2.43. The van der Waals surface area contributed by atoms with Crippen LogP contribution in [0.4, 0.5) is 0 Å². The minimum Gasteiger partial charge on any atom is -0.438 e. The minimum atomic E-state index is 0.375. The second kappa shape index (κ2) is 4.47. The monoisotopic (exact) mass is 316 g/mol. The van der Waals surface area contributed by atoms with E-state index in [1.807, 2.05) is 6.07 Å². The van der Waals surface area contributed by atoms with Crippen molar-refractivity contribution in [2.75, 3.05) is 0 Å². The highest BCUT2D eigenvalue weighted by atomic mass is 127. The highest BCUT2D eigenvalue weighted by Gasteiger charge is 2.14. The Hall–Kier alpha value is -0.650. The van der Waals surface area contributed by atoms with E-state index in [2.05, 4.69) is 46.4 Å². The van der Waals surface area contributed by atoms with Crippen LogP contribution in [-0.2, 0) is 0 Å². The van der Waals surface area contributed by atoms with Gasteiger partial charge in [-0.05, 0) is 35.1 Å². The molecule has 0 fully saturated rings. The number of oxazole rings is 1. The summed E-state index contributed by atoms with van der Waals surface area (Å²) < 4.78 is 6.80. The normalized spacial score (nSPS) is 13.3. The van der Waals surface area contributed by atoms with Crippen molar-refractivity contribution in [2.24, 2.45) is 0 Å². The average molecular weight is 316 g/mol. The first-order valence-electron chi connectivity index (χ1n) is 5.13. The Labute approximate surface area is 102 Å². The fourth-order valence-electron chi connectivity index (χ4n) is 1.59. The van der Waals surface area contributed by atoms with E-state index in [1.54, 1.807) is 6.20 Å². The molecule has 0 amide bonds. The van der Waals surface area contributed by atoms with Crippen molar-refractivity contribution in [1.82, 2.24) is 9.97 Å². The average Bonchev–Trinajstić information content (AvgIpc) is 2.63. The maximum absolute atomic E-state index is 5.73. The van der Waals surface area contributed by atoms with Gasteiger partial charge < -0.3 is 4.42 Å². The predicted molar refractivity (Wildman–Crippen MR) is 67.8 cm³/mol. The molecule has 15 heavy (non-hydrogen) atoms. The molecule has 0 bridgehead atoms. The van der Waals surface area contributed by atoms with Gasteiger partial charge in [0.1, 0.15) is 0 Å². The molecule has 0 N–H and O–H groups in total. The van der Waals surface area contributed by atoms with E-state index in [0.29, 0.717) is 5.92 Å². The molecule has 0 aliphatic rings. The highest BCUT2D eigenvalue weighted by Crippen LogP contribution is 2.25. The number of nitrogens with zero attached hydrogens (tertiary/aromatic N) is 2. The van der Waals surface area contributed by atoms with Gasteiger partial charge in [-0.3, -0.25) is 0 Å². The number of hydrogen-bond donors (Lipinski definition) is 0. The Morgan fingerprint density at radius 2 is 2.33 bits per heavy atom. The summed E-state index contributed by atoms with van der Waals surface area (Å²) >= 11 is 2.24. The zero-order chi connectivity index (χ0) is 10.8. The Morgan fingerprint density at radius 1 is 1.53 bits per heavy atom. The lowest BCUT2D eigenvalue weighted by Gasteiger charge is -2.02. The van der Waals surface area contributed by atoms with Gasteiger partial charge in [-0.2, -0.15) is 4.98 Å². The van der Waals surface area contributed by atoms with Gasteiger partial charge in [0.25, 0.3) is 0 Å². The summed E-state index contributed by atoms with van der Waals surface area (Å²) in [7, 11) is 0. The van der Waals surface area contributed by atoms with Gasteiger partial charge in [0, 0.05) is 12.1 Å².